The Bertz CT molecular complexity index is 988. The maximum Gasteiger partial charge on any atom is 0.187 e. The van der Waals surface area contributed by atoms with Crippen molar-refractivity contribution in [2.45, 2.75) is 0 Å². The Morgan fingerprint density at radius 3 is 2.58 bits per heavy atom. The highest BCUT2D eigenvalue weighted by atomic mass is 32.1. The zero-order valence-electron chi connectivity index (χ0n) is 13.4. The van der Waals surface area contributed by atoms with Gasteiger partial charge in [-0.1, -0.05) is 12.1 Å². The van der Waals surface area contributed by atoms with Crippen molar-refractivity contribution in [3.63, 3.8) is 0 Å². The number of methoxy groups -OCH3 is 1. The Morgan fingerprint density at radius 1 is 1.04 bits per heavy atom. The SMILES string of the molecule is COc1ccc(Nc2nc(-c3nc4ccccc4n3C)cs2)cc1. The summed E-state index contributed by atoms with van der Waals surface area (Å²) in [7, 11) is 3.67. The summed E-state index contributed by atoms with van der Waals surface area (Å²) in [5.74, 6) is 1.70. The molecule has 0 aliphatic rings. The average molecular weight is 336 g/mol. The second-order valence-corrected chi connectivity index (χ2v) is 6.23. The summed E-state index contributed by atoms with van der Waals surface area (Å²) in [6.07, 6.45) is 0. The van der Waals surface area contributed by atoms with Gasteiger partial charge in [0.2, 0.25) is 0 Å². The van der Waals surface area contributed by atoms with Gasteiger partial charge in [0.05, 0.1) is 18.1 Å². The number of imidazole rings is 1. The van der Waals surface area contributed by atoms with Crippen LogP contribution in [0, 0.1) is 0 Å². The number of aromatic nitrogens is 3. The Hall–Kier alpha value is -2.86. The lowest BCUT2D eigenvalue weighted by Crippen LogP contribution is -1.94. The number of aryl methyl sites for hydroxylation is 1. The van der Waals surface area contributed by atoms with Crippen LogP contribution in [-0.4, -0.2) is 21.6 Å². The minimum atomic E-state index is 0.833. The summed E-state index contributed by atoms with van der Waals surface area (Å²) in [5, 5.41) is 6.17. The average Bonchev–Trinajstić information content (AvgIpc) is 3.21. The summed E-state index contributed by atoms with van der Waals surface area (Å²) in [5.41, 5.74) is 3.93. The van der Waals surface area contributed by atoms with Crippen LogP contribution < -0.4 is 10.1 Å². The summed E-state index contributed by atoms with van der Waals surface area (Å²) in [4.78, 5) is 9.36. The Labute approximate surface area is 143 Å². The molecule has 5 nitrogen and oxygen atoms in total. The fourth-order valence-electron chi connectivity index (χ4n) is 2.61. The molecule has 0 unspecified atom stereocenters. The van der Waals surface area contributed by atoms with Crippen LogP contribution in [0.1, 0.15) is 0 Å². The number of nitrogens with zero attached hydrogens (tertiary/aromatic N) is 3. The molecule has 4 aromatic rings. The number of anilines is 2. The van der Waals surface area contributed by atoms with Gasteiger partial charge in [0.25, 0.3) is 0 Å². The van der Waals surface area contributed by atoms with E-state index < -0.39 is 0 Å². The maximum atomic E-state index is 5.17. The fraction of sp³-hybridized carbons (Fsp3) is 0.111. The lowest BCUT2D eigenvalue weighted by molar-refractivity contribution is 0.415. The summed E-state index contributed by atoms with van der Waals surface area (Å²) in [6, 6.07) is 15.9. The van der Waals surface area contributed by atoms with E-state index in [1.54, 1.807) is 18.4 Å². The van der Waals surface area contributed by atoms with Gasteiger partial charge in [-0.25, -0.2) is 9.97 Å². The van der Waals surface area contributed by atoms with Gasteiger partial charge in [-0.2, -0.15) is 0 Å². The molecule has 24 heavy (non-hydrogen) atoms. The minimum absolute atomic E-state index is 0.833. The number of fused-ring (bicyclic) bond motifs is 1. The molecule has 120 valence electrons. The van der Waals surface area contributed by atoms with Gasteiger partial charge in [0.15, 0.2) is 11.0 Å². The topological polar surface area (TPSA) is 52.0 Å². The normalized spacial score (nSPS) is 10.9. The lowest BCUT2D eigenvalue weighted by Gasteiger charge is -2.04. The first kappa shape index (κ1) is 14.7. The van der Waals surface area contributed by atoms with E-state index in [0.29, 0.717) is 0 Å². The Balaban J connectivity index is 1.62. The van der Waals surface area contributed by atoms with Crippen LogP contribution in [0.2, 0.25) is 0 Å². The van der Waals surface area contributed by atoms with Gasteiger partial charge < -0.3 is 14.6 Å². The number of rotatable bonds is 4. The molecular formula is C18H16N4OS. The van der Waals surface area contributed by atoms with Crippen LogP contribution in [0.4, 0.5) is 10.8 Å². The molecule has 1 N–H and O–H groups in total. The van der Waals surface area contributed by atoms with Crippen LogP contribution in [0.3, 0.4) is 0 Å². The van der Waals surface area contributed by atoms with Crippen molar-refractivity contribution in [1.82, 2.24) is 14.5 Å². The zero-order chi connectivity index (χ0) is 16.5. The molecule has 0 radical (unpaired) electrons. The van der Waals surface area contributed by atoms with Gasteiger partial charge in [0.1, 0.15) is 11.4 Å². The van der Waals surface area contributed by atoms with Crippen LogP contribution in [0.5, 0.6) is 5.75 Å². The summed E-state index contributed by atoms with van der Waals surface area (Å²) in [6.45, 7) is 0. The van der Waals surface area contributed by atoms with E-state index in [1.807, 2.05) is 54.9 Å². The molecule has 4 rings (SSSR count). The number of benzene rings is 2. The third kappa shape index (κ3) is 2.61. The Kier molecular flexibility index (Phi) is 3.66. The molecule has 0 spiro atoms. The highest BCUT2D eigenvalue weighted by Gasteiger charge is 2.12. The van der Waals surface area contributed by atoms with Crippen molar-refractivity contribution in [3.05, 3.63) is 53.9 Å². The third-order valence-electron chi connectivity index (χ3n) is 3.86. The first-order valence-electron chi connectivity index (χ1n) is 7.53. The molecule has 0 amide bonds. The zero-order valence-corrected chi connectivity index (χ0v) is 14.2. The molecule has 0 saturated heterocycles. The highest BCUT2D eigenvalue weighted by molar-refractivity contribution is 7.14. The second-order valence-electron chi connectivity index (χ2n) is 5.37. The van der Waals surface area contributed by atoms with E-state index in [4.69, 9.17) is 4.74 Å². The quantitative estimate of drug-likeness (QED) is 0.598. The van der Waals surface area contributed by atoms with E-state index >= 15 is 0 Å². The highest BCUT2D eigenvalue weighted by Crippen LogP contribution is 2.29. The van der Waals surface area contributed by atoms with Gasteiger partial charge in [-0.05, 0) is 36.4 Å². The number of ether oxygens (including phenoxy) is 1. The lowest BCUT2D eigenvalue weighted by atomic mass is 10.3. The molecule has 0 bridgehead atoms. The van der Waals surface area contributed by atoms with E-state index in [0.717, 1.165) is 39.1 Å². The van der Waals surface area contributed by atoms with Gasteiger partial charge in [0, 0.05) is 18.1 Å². The molecule has 0 aliphatic carbocycles. The first-order valence-corrected chi connectivity index (χ1v) is 8.41. The summed E-state index contributed by atoms with van der Waals surface area (Å²) >= 11 is 1.56. The minimum Gasteiger partial charge on any atom is -0.497 e. The van der Waals surface area contributed by atoms with Crippen LogP contribution in [0.25, 0.3) is 22.6 Å². The molecule has 2 heterocycles. The molecular weight excluding hydrogens is 320 g/mol. The summed E-state index contributed by atoms with van der Waals surface area (Å²) < 4.78 is 7.24. The van der Waals surface area contributed by atoms with Gasteiger partial charge in [-0.3, -0.25) is 0 Å². The standard InChI is InChI=1S/C18H16N4OS/c1-22-16-6-4-3-5-14(16)20-17(22)15-11-24-18(21-15)19-12-7-9-13(23-2)10-8-12/h3-11H,1-2H3,(H,19,21). The van der Waals surface area contributed by atoms with Crippen molar-refractivity contribution >= 4 is 33.2 Å². The smallest absolute Gasteiger partial charge is 0.187 e. The molecule has 2 aromatic heterocycles. The maximum absolute atomic E-state index is 5.17. The van der Waals surface area contributed by atoms with Crippen LogP contribution in [-0.2, 0) is 7.05 Å². The number of nitrogens with one attached hydrogen (secondary N) is 1. The number of para-hydroxylation sites is 2. The third-order valence-corrected chi connectivity index (χ3v) is 4.62. The van der Waals surface area contributed by atoms with E-state index in [9.17, 15) is 0 Å². The van der Waals surface area contributed by atoms with Crippen molar-refractivity contribution in [3.8, 4) is 17.3 Å². The molecule has 0 atom stereocenters. The molecule has 0 saturated carbocycles. The van der Waals surface area contributed by atoms with E-state index in [1.165, 1.54) is 0 Å². The fourth-order valence-corrected chi connectivity index (χ4v) is 3.32. The van der Waals surface area contributed by atoms with E-state index in [2.05, 4.69) is 25.9 Å². The van der Waals surface area contributed by atoms with Crippen LogP contribution >= 0.6 is 11.3 Å². The predicted octanol–water partition coefficient (Wildman–Crippen LogP) is 4.45. The van der Waals surface area contributed by atoms with E-state index in [-0.39, 0.29) is 0 Å². The monoisotopic (exact) mass is 336 g/mol. The molecule has 0 aliphatic heterocycles. The molecule has 2 aromatic carbocycles. The first-order chi connectivity index (χ1) is 11.7. The predicted molar refractivity (Wildman–Crippen MR) is 98.1 cm³/mol. The molecule has 6 heteroatoms. The van der Waals surface area contributed by atoms with Gasteiger partial charge in [-0.15, -0.1) is 11.3 Å². The van der Waals surface area contributed by atoms with Crippen molar-refractivity contribution < 1.29 is 4.74 Å². The number of thiazole rings is 1. The second kappa shape index (κ2) is 5.98. The van der Waals surface area contributed by atoms with Crippen molar-refractivity contribution in [1.29, 1.82) is 0 Å². The van der Waals surface area contributed by atoms with Crippen LogP contribution in [0.15, 0.2) is 53.9 Å². The van der Waals surface area contributed by atoms with Crippen molar-refractivity contribution in [2.75, 3.05) is 12.4 Å². The number of hydrogen-bond acceptors (Lipinski definition) is 5. The van der Waals surface area contributed by atoms with Gasteiger partial charge >= 0.3 is 0 Å². The largest absolute Gasteiger partial charge is 0.497 e. The Morgan fingerprint density at radius 2 is 1.83 bits per heavy atom. The number of hydrogen-bond donors (Lipinski definition) is 1. The molecule has 0 fully saturated rings. The van der Waals surface area contributed by atoms with Crippen molar-refractivity contribution in [2.24, 2.45) is 7.05 Å².